The molecule has 0 aliphatic rings. The van der Waals surface area contributed by atoms with Gasteiger partial charge in [-0.15, -0.1) is 0 Å². The van der Waals surface area contributed by atoms with Crippen LogP contribution in [0.2, 0.25) is 0 Å². The molecule has 0 spiro atoms. The first-order valence-corrected chi connectivity index (χ1v) is 2.57. The number of carbonyl (C=O) groups excluding carboxylic acids is 1. The fourth-order valence-electron chi connectivity index (χ4n) is 0.574. The molecule has 1 aromatic carbocycles. The van der Waals surface area contributed by atoms with E-state index >= 15 is 0 Å². The van der Waals surface area contributed by atoms with Gasteiger partial charge < -0.3 is 20.9 Å². The monoisotopic (exact) mass is 211 g/mol. The SMILES string of the molecule is O=C([O-])c1ccccc1.[Fe+3].[OH-].[OH-]. The molecule has 1 radical (unpaired) electrons. The van der Waals surface area contributed by atoms with Crippen LogP contribution in [0.1, 0.15) is 10.4 Å². The Morgan fingerprint density at radius 2 is 1.50 bits per heavy atom. The minimum atomic E-state index is -1.13. The van der Waals surface area contributed by atoms with Gasteiger partial charge in [-0.3, -0.25) is 0 Å². The molecule has 5 heteroatoms. The first-order valence-electron chi connectivity index (χ1n) is 2.57. The predicted octanol–water partition coefficient (Wildman–Crippen LogP) is -0.306. The van der Waals surface area contributed by atoms with Crippen molar-refractivity contribution in [3.05, 3.63) is 35.9 Å². The van der Waals surface area contributed by atoms with Crippen molar-refractivity contribution in [3.8, 4) is 0 Å². The molecule has 0 saturated heterocycles. The van der Waals surface area contributed by atoms with Crippen LogP contribution in [0.3, 0.4) is 0 Å². The van der Waals surface area contributed by atoms with E-state index < -0.39 is 5.97 Å². The maximum absolute atomic E-state index is 10.1. The normalized spacial score (nSPS) is 6.67. The van der Waals surface area contributed by atoms with E-state index in [0.717, 1.165) is 0 Å². The van der Waals surface area contributed by atoms with Crippen molar-refractivity contribution in [3.63, 3.8) is 0 Å². The van der Waals surface area contributed by atoms with Gasteiger partial charge in [-0.1, -0.05) is 30.3 Å². The van der Waals surface area contributed by atoms with Crippen LogP contribution in [0, 0.1) is 0 Å². The van der Waals surface area contributed by atoms with E-state index in [1.807, 2.05) is 0 Å². The van der Waals surface area contributed by atoms with Crippen molar-refractivity contribution in [1.82, 2.24) is 0 Å². The maximum atomic E-state index is 10.1. The second-order valence-corrected chi connectivity index (χ2v) is 1.65. The molecule has 67 valence electrons. The molecule has 0 aliphatic carbocycles. The van der Waals surface area contributed by atoms with Gasteiger partial charge in [-0.2, -0.15) is 0 Å². The largest absolute Gasteiger partial charge is 3.00 e. The predicted molar refractivity (Wildman–Crippen MR) is 34.6 cm³/mol. The standard InChI is InChI=1S/C7H6O2.Fe.2H2O/c8-7(9)6-4-2-1-3-5-6;;;/h1-5H,(H,8,9);;2*1H2/q;+3;;/p-3. The first kappa shape index (κ1) is 17.3. The molecule has 0 unspecified atom stereocenters. The summed E-state index contributed by atoms with van der Waals surface area (Å²) in [5.41, 5.74) is 0.220. The zero-order valence-corrected chi connectivity index (χ0v) is 7.06. The van der Waals surface area contributed by atoms with Gasteiger partial charge in [0.15, 0.2) is 0 Å². The minimum absolute atomic E-state index is 0. The smallest absolute Gasteiger partial charge is 0.870 e. The zero-order valence-electron chi connectivity index (χ0n) is 5.95. The Balaban J connectivity index is -0.000000270. The van der Waals surface area contributed by atoms with Crippen molar-refractivity contribution >= 4 is 5.97 Å². The molecule has 1 aromatic rings. The number of carboxylic acid groups (broad SMARTS) is 1. The molecule has 0 atom stereocenters. The maximum Gasteiger partial charge on any atom is 3.00 e. The van der Waals surface area contributed by atoms with Gasteiger partial charge >= 0.3 is 17.1 Å². The van der Waals surface area contributed by atoms with E-state index in [1.165, 1.54) is 12.1 Å². The van der Waals surface area contributed by atoms with Gasteiger partial charge in [0.25, 0.3) is 0 Å². The van der Waals surface area contributed by atoms with Crippen molar-refractivity contribution < 1.29 is 37.9 Å². The van der Waals surface area contributed by atoms with Crippen molar-refractivity contribution in [1.29, 1.82) is 0 Å². The summed E-state index contributed by atoms with van der Waals surface area (Å²) in [6, 6.07) is 8.06. The average molecular weight is 211 g/mol. The van der Waals surface area contributed by atoms with Gasteiger partial charge in [-0.05, 0) is 5.56 Å². The second kappa shape index (κ2) is 8.23. The summed E-state index contributed by atoms with van der Waals surface area (Å²) in [5.74, 6) is -1.13. The van der Waals surface area contributed by atoms with E-state index in [2.05, 4.69) is 0 Å². The molecular weight excluding hydrogens is 204 g/mol. The molecule has 12 heavy (non-hydrogen) atoms. The van der Waals surface area contributed by atoms with E-state index in [-0.39, 0.29) is 33.6 Å². The van der Waals surface area contributed by atoms with Crippen LogP contribution < -0.4 is 5.11 Å². The third-order valence-corrected chi connectivity index (χ3v) is 1.01. The second-order valence-electron chi connectivity index (χ2n) is 1.65. The molecule has 2 N–H and O–H groups in total. The molecule has 0 saturated carbocycles. The summed E-state index contributed by atoms with van der Waals surface area (Å²) in [6.45, 7) is 0. The fraction of sp³-hybridized carbons (Fsp3) is 0. The van der Waals surface area contributed by atoms with Crippen LogP contribution in [-0.2, 0) is 17.1 Å². The number of aromatic carboxylic acids is 1. The molecule has 0 bridgehead atoms. The van der Waals surface area contributed by atoms with Crippen LogP contribution >= 0.6 is 0 Å². The van der Waals surface area contributed by atoms with Crippen LogP contribution in [0.25, 0.3) is 0 Å². The summed E-state index contributed by atoms with van der Waals surface area (Å²) < 4.78 is 0. The van der Waals surface area contributed by atoms with Gasteiger partial charge in [0.2, 0.25) is 0 Å². The fourth-order valence-corrected chi connectivity index (χ4v) is 0.574. The third-order valence-electron chi connectivity index (χ3n) is 1.01. The summed E-state index contributed by atoms with van der Waals surface area (Å²) in [4.78, 5) is 10.1. The Morgan fingerprint density at radius 3 is 1.75 bits per heavy atom. The molecule has 4 nitrogen and oxygen atoms in total. The number of benzene rings is 1. The molecular formula is C7H7FeO4. The van der Waals surface area contributed by atoms with Gasteiger partial charge in [0.05, 0.1) is 5.97 Å². The van der Waals surface area contributed by atoms with Gasteiger partial charge in [0, 0.05) is 0 Å². The van der Waals surface area contributed by atoms with E-state index in [0.29, 0.717) is 0 Å². The number of carbonyl (C=O) groups is 1. The number of hydrogen-bond donors (Lipinski definition) is 0. The molecule has 0 heterocycles. The van der Waals surface area contributed by atoms with E-state index in [9.17, 15) is 9.90 Å². The van der Waals surface area contributed by atoms with Gasteiger partial charge in [-0.25, -0.2) is 0 Å². The molecule has 0 aliphatic heterocycles. The van der Waals surface area contributed by atoms with Crippen molar-refractivity contribution in [2.45, 2.75) is 0 Å². The molecule has 0 aromatic heterocycles. The third kappa shape index (κ3) is 4.87. The number of carboxylic acids is 1. The molecule has 1 rings (SSSR count). The Kier molecular flexibility index (Phi) is 11.8. The Bertz CT molecular complexity index is 212. The van der Waals surface area contributed by atoms with Gasteiger partial charge in [0.1, 0.15) is 0 Å². The Morgan fingerprint density at radius 1 is 1.08 bits per heavy atom. The average Bonchev–Trinajstić information content (AvgIpc) is 1.90. The summed E-state index contributed by atoms with van der Waals surface area (Å²) >= 11 is 0. The topological polar surface area (TPSA) is 100 Å². The van der Waals surface area contributed by atoms with Crippen LogP contribution in [0.5, 0.6) is 0 Å². The Labute approximate surface area is 80.3 Å². The van der Waals surface area contributed by atoms with E-state index in [4.69, 9.17) is 0 Å². The molecule has 0 fully saturated rings. The van der Waals surface area contributed by atoms with Crippen molar-refractivity contribution in [2.24, 2.45) is 0 Å². The number of rotatable bonds is 1. The van der Waals surface area contributed by atoms with Crippen LogP contribution in [-0.4, -0.2) is 16.9 Å². The Hall–Kier alpha value is -0.871. The summed E-state index contributed by atoms with van der Waals surface area (Å²) in [7, 11) is 0. The number of hydrogen-bond acceptors (Lipinski definition) is 4. The molecule has 0 amide bonds. The van der Waals surface area contributed by atoms with Crippen LogP contribution in [0.4, 0.5) is 0 Å². The first-order chi connectivity index (χ1) is 4.30. The summed E-state index contributed by atoms with van der Waals surface area (Å²) in [5, 5.41) is 10.1. The quantitative estimate of drug-likeness (QED) is 0.594. The minimum Gasteiger partial charge on any atom is -0.870 e. The summed E-state index contributed by atoms with van der Waals surface area (Å²) in [6.07, 6.45) is 0. The van der Waals surface area contributed by atoms with Crippen LogP contribution in [0.15, 0.2) is 30.3 Å². The zero-order chi connectivity index (χ0) is 6.69. The van der Waals surface area contributed by atoms with Crippen molar-refractivity contribution in [2.75, 3.05) is 0 Å². The van der Waals surface area contributed by atoms with E-state index in [1.54, 1.807) is 18.2 Å².